The molecule has 1 heteroatoms. The molecule has 0 fully saturated rings. The number of carbonyl (C=O) groups is 1. The lowest BCUT2D eigenvalue weighted by Gasteiger charge is -2.31. The van der Waals surface area contributed by atoms with Crippen LogP contribution in [-0.2, 0) is 4.79 Å². The highest BCUT2D eigenvalue weighted by Gasteiger charge is 2.28. The third-order valence-electron chi connectivity index (χ3n) is 3.10. The molecule has 0 bridgehead atoms. The fraction of sp³-hybridized carbons (Fsp3) is 0.750. The Balaban J connectivity index is 2.72. The monoisotopic (exact) mass is 180 g/mol. The molecule has 0 heterocycles. The van der Waals surface area contributed by atoms with Gasteiger partial charge in [-0.2, -0.15) is 0 Å². The van der Waals surface area contributed by atoms with E-state index in [-0.39, 0.29) is 5.92 Å². The largest absolute Gasteiger partial charge is 0.303 e. The molecule has 13 heavy (non-hydrogen) atoms. The first-order valence-electron chi connectivity index (χ1n) is 5.31. The number of carbonyl (C=O) groups excluding carboxylic acids is 1. The average Bonchev–Trinajstić information content (AvgIpc) is 2.04. The molecule has 3 atom stereocenters. The van der Waals surface area contributed by atoms with E-state index < -0.39 is 0 Å². The second kappa shape index (κ2) is 4.59. The second-order valence-corrected chi connectivity index (χ2v) is 4.34. The van der Waals surface area contributed by atoms with Gasteiger partial charge in [0.25, 0.3) is 0 Å². The lowest BCUT2D eigenvalue weighted by molar-refractivity contribution is -0.113. The van der Waals surface area contributed by atoms with E-state index in [2.05, 4.69) is 26.8 Å². The molecule has 0 unspecified atom stereocenters. The number of allylic oxidation sites excluding steroid dienone is 2. The minimum Gasteiger partial charge on any atom is -0.303 e. The maximum Gasteiger partial charge on any atom is 0.123 e. The lowest BCUT2D eigenvalue weighted by atomic mass is 9.73. The zero-order chi connectivity index (χ0) is 9.84. The summed E-state index contributed by atoms with van der Waals surface area (Å²) < 4.78 is 0. The van der Waals surface area contributed by atoms with Crippen LogP contribution in [0.1, 0.15) is 40.0 Å². The minimum absolute atomic E-state index is 0.267. The first-order valence-corrected chi connectivity index (χ1v) is 5.31. The highest BCUT2D eigenvalue weighted by Crippen LogP contribution is 2.34. The molecule has 0 N–H and O–H groups in total. The molecule has 1 aliphatic carbocycles. The van der Waals surface area contributed by atoms with E-state index in [1.54, 1.807) is 0 Å². The number of hydrogen-bond acceptors (Lipinski definition) is 1. The van der Waals surface area contributed by atoms with Crippen LogP contribution in [-0.4, -0.2) is 6.29 Å². The molecular weight excluding hydrogens is 160 g/mol. The maximum absolute atomic E-state index is 10.9. The van der Waals surface area contributed by atoms with E-state index in [0.717, 1.165) is 12.7 Å². The predicted octanol–water partition coefficient (Wildman–Crippen LogP) is 3.20. The normalized spacial score (nSPS) is 34.1. The molecule has 0 saturated heterocycles. The second-order valence-electron chi connectivity index (χ2n) is 4.34. The van der Waals surface area contributed by atoms with Crippen molar-refractivity contribution in [3.63, 3.8) is 0 Å². The summed E-state index contributed by atoms with van der Waals surface area (Å²) in [4.78, 5) is 10.9. The van der Waals surface area contributed by atoms with Crippen LogP contribution in [0.3, 0.4) is 0 Å². The number of rotatable bonds is 3. The Kier molecular flexibility index (Phi) is 3.71. The fourth-order valence-corrected chi connectivity index (χ4v) is 2.51. The molecule has 0 spiro atoms. The zero-order valence-corrected chi connectivity index (χ0v) is 8.92. The van der Waals surface area contributed by atoms with Gasteiger partial charge in [-0.05, 0) is 31.6 Å². The van der Waals surface area contributed by atoms with Gasteiger partial charge in [-0.15, -0.1) is 0 Å². The van der Waals surface area contributed by atoms with Gasteiger partial charge in [0.2, 0.25) is 0 Å². The van der Waals surface area contributed by atoms with E-state index in [1.807, 2.05) is 0 Å². The molecule has 0 aliphatic heterocycles. The van der Waals surface area contributed by atoms with E-state index >= 15 is 0 Å². The SMILES string of the molecule is CCC[C@@H]1CC(C)=C[C@H](C)[C@@H]1C=O. The minimum atomic E-state index is 0.267. The summed E-state index contributed by atoms with van der Waals surface area (Å²) in [6.45, 7) is 6.53. The summed E-state index contributed by atoms with van der Waals surface area (Å²) in [6, 6.07) is 0. The molecule has 1 nitrogen and oxygen atoms in total. The van der Waals surface area contributed by atoms with Crippen molar-refractivity contribution in [2.75, 3.05) is 0 Å². The Morgan fingerprint density at radius 1 is 1.62 bits per heavy atom. The summed E-state index contributed by atoms with van der Waals surface area (Å²) in [7, 11) is 0. The van der Waals surface area contributed by atoms with Crippen LogP contribution in [0.15, 0.2) is 11.6 Å². The Bertz CT molecular complexity index is 205. The molecule has 0 saturated carbocycles. The molecule has 0 radical (unpaired) electrons. The van der Waals surface area contributed by atoms with Crippen molar-refractivity contribution in [1.29, 1.82) is 0 Å². The summed E-state index contributed by atoms with van der Waals surface area (Å²) >= 11 is 0. The Labute approximate surface area is 81.2 Å². The highest BCUT2D eigenvalue weighted by atomic mass is 16.1. The lowest BCUT2D eigenvalue weighted by Crippen LogP contribution is -2.26. The smallest absolute Gasteiger partial charge is 0.123 e. The van der Waals surface area contributed by atoms with Crippen molar-refractivity contribution >= 4 is 6.29 Å². The van der Waals surface area contributed by atoms with Crippen molar-refractivity contribution in [2.45, 2.75) is 40.0 Å². The molecule has 74 valence electrons. The predicted molar refractivity (Wildman–Crippen MR) is 55.5 cm³/mol. The first-order chi connectivity index (χ1) is 6.19. The Hall–Kier alpha value is -0.590. The van der Waals surface area contributed by atoms with E-state index in [4.69, 9.17) is 0 Å². The van der Waals surface area contributed by atoms with Gasteiger partial charge in [0.05, 0.1) is 0 Å². The van der Waals surface area contributed by atoms with Gasteiger partial charge in [0.15, 0.2) is 0 Å². The molecule has 0 aromatic rings. The van der Waals surface area contributed by atoms with E-state index in [9.17, 15) is 4.79 Å². The van der Waals surface area contributed by atoms with Gasteiger partial charge in [-0.3, -0.25) is 0 Å². The zero-order valence-electron chi connectivity index (χ0n) is 8.92. The van der Waals surface area contributed by atoms with Crippen LogP contribution in [0, 0.1) is 17.8 Å². The van der Waals surface area contributed by atoms with E-state index in [1.165, 1.54) is 18.4 Å². The van der Waals surface area contributed by atoms with Gasteiger partial charge in [-0.1, -0.05) is 31.9 Å². The highest BCUT2D eigenvalue weighted by molar-refractivity contribution is 5.56. The molecule has 0 aromatic heterocycles. The van der Waals surface area contributed by atoms with Crippen molar-refractivity contribution in [2.24, 2.45) is 17.8 Å². The quantitative estimate of drug-likeness (QED) is 0.481. The van der Waals surface area contributed by atoms with Crippen LogP contribution in [0.2, 0.25) is 0 Å². The summed E-state index contributed by atoms with van der Waals surface area (Å²) in [5.41, 5.74) is 1.46. The summed E-state index contributed by atoms with van der Waals surface area (Å²) in [5, 5.41) is 0. The Morgan fingerprint density at radius 3 is 2.85 bits per heavy atom. The Morgan fingerprint density at radius 2 is 2.31 bits per heavy atom. The molecule has 1 aliphatic rings. The first kappa shape index (κ1) is 10.5. The van der Waals surface area contributed by atoms with Crippen LogP contribution < -0.4 is 0 Å². The number of hydrogen-bond donors (Lipinski definition) is 0. The van der Waals surface area contributed by atoms with Crippen LogP contribution in [0.25, 0.3) is 0 Å². The summed E-state index contributed by atoms with van der Waals surface area (Å²) in [6.07, 6.45) is 6.93. The van der Waals surface area contributed by atoms with Crippen LogP contribution in [0.4, 0.5) is 0 Å². The average molecular weight is 180 g/mol. The van der Waals surface area contributed by atoms with Gasteiger partial charge in [-0.25, -0.2) is 0 Å². The standard InChI is InChI=1S/C12H20O/c1-4-5-11-7-9(2)6-10(3)12(11)8-13/h6,8,10-12H,4-5,7H2,1-3H3/t10-,11+,12-/m0/s1. The fourth-order valence-electron chi connectivity index (χ4n) is 2.51. The summed E-state index contributed by atoms with van der Waals surface area (Å²) in [5.74, 6) is 1.31. The molecule has 1 rings (SSSR count). The van der Waals surface area contributed by atoms with Crippen LogP contribution >= 0.6 is 0 Å². The van der Waals surface area contributed by atoms with E-state index in [0.29, 0.717) is 11.8 Å². The molecule has 0 amide bonds. The third kappa shape index (κ3) is 2.43. The van der Waals surface area contributed by atoms with Crippen LogP contribution in [0.5, 0.6) is 0 Å². The van der Waals surface area contributed by atoms with Gasteiger partial charge >= 0.3 is 0 Å². The van der Waals surface area contributed by atoms with Gasteiger partial charge in [0, 0.05) is 5.92 Å². The number of aldehydes is 1. The van der Waals surface area contributed by atoms with Gasteiger partial charge < -0.3 is 4.79 Å². The van der Waals surface area contributed by atoms with Crippen molar-refractivity contribution in [1.82, 2.24) is 0 Å². The maximum atomic E-state index is 10.9. The molecule has 0 aromatic carbocycles. The van der Waals surface area contributed by atoms with Gasteiger partial charge in [0.1, 0.15) is 6.29 Å². The van der Waals surface area contributed by atoms with Crippen molar-refractivity contribution in [3.8, 4) is 0 Å². The molecular formula is C12H20O. The third-order valence-corrected chi connectivity index (χ3v) is 3.10. The topological polar surface area (TPSA) is 17.1 Å². The van der Waals surface area contributed by atoms with Crippen molar-refractivity contribution in [3.05, 3.63) is 11.6 Å². The van der Waals surface area contributed by atoms with Crippen molar-refractivity contribution < 1.29 is 4.79 Å².